The maximum atomic E-state index is 13.6. The Morgan fingerprint density at radius 3 is 2.34 bits per heavy atom. The van der Waals surface area contributed by atoms with E-state index < -0.39 is 5.54 Å². The third-order valence-electron chi connectivity index (χ3n) is 4.79. The van der Waals surface area contributed by atoms with Gasteiger partial charge in [-0.15, -0.1) is 11.3 Å². The summed E-state index contributed by atoms with van der Waals surface area (Å²) in [5, 5.41) is 20.3. The van der Waals surface area contributed by atoms with Crippen LogP contribution in [0.2, 0.25) is 0 Å². The molecule has 0 radical (unpaired) electrons. The van der Waals surface area contributed by atoms with Crippen LogP contribution in [0.25, 0.3) is 0 Å². The number of thiazole rings is 1. The van der Waals surface area contributed by atoms with Gasteiger partial charge in [-0.1, -0.05) is 6.07 Å². The predicted octanol–water partition coefficient (Wildman–Crippen LogP) is 2.53. The van der Waals surface area contributed by atoms with E-state index >= 15 is 0 Å². The molecule has 2 aromatic rings. The Bertz CT molecular complexity index is 863. The number of amides is 1. The number of carbonyl (C=O) groups is 3. The summed E-state index contributed by atoms with van der Waals surface area (Å²) in [6, 6.07) is 6.31. The Labute approximate surface area is 190 Å². The number of anilines is 1. The van der Waals surface area contributed by atoms with Crippen molar-refractivity contribution >= 4 is 35.9 Å². The number of likely N-dealkylation sites (tertiary alicyclic amines) is 1. The van der Waals surface area contributed by atoms with Gasteiger partial charge in [0, 0.05) is 44.8 Å². The minimum atomic E-state index is -0.703. The van der Waals surface area contributed by atoms with Crippen molar-refractivity contribution in [3.05, 3.63) is 46.2 Å². The number of halogens is 1. The summed E-state index contributed by atoms with van der Waals surface area (Å²) in [5.41, 5.74) is 1.02. The molecule has 1 aromatic carbocycles. The fraction of sp³-hybridized carbons (Fsp3) is 0.429. The van der Waals surface area contributed by atoms with Crippen molar-refractivity contribution in [3.63, 3.8) is 0 Å². The summed E-state index contributed by atoms with van der Waals surface area (Å²) in [6.07, 6.45) is 1.34. The number of nitrogens with one attached hydrogen (secondary N) is 1. The Morgan fingerprint density at radius 1 is 1.28 bits per heavy atom. The summed E-state index contributed by atoms with van der Waals surface area (Å²) in [6.45, 7) is 3.89. The molecule has 9 nitrogen and oxygen atoms in total. The standard InChI is InChI=1S/C19H25FN4OS.2CH2O2/c1-14-21-17(13-26-14)12-24-9-7-19(8-10-24,18(25)23(2)3)22-16-6-4-5-15(20)11-16;2*2-1-3/h4-6,11,13,22H,7-10,12H2,1-3H3;2*1H,(H,2,3). The molecule has 32 heavy (non-hydrogen) atoms. The van der Waals surface area contributed by atoms with Crippen molar-refractivity contribution in [2.75, 3.05) is 32.5 Å². The highest BCUT2D eigenvalue weighted by Gasteiger charge is 2.42. The van der Waals surface area contributed by atoms with Crippen molar-refractivity contribution in [1.29, 1.82) is 0 Å². The Balaban J connectivity index is 0.000000769. The monoisotopic (exact) mass is 468 g/mol. The third-order valence-corrected chi connectivity index (χ3v) is 5.61. The predicted molar refractivity (Wildman–Crippen MR) is 120 cm³/mol. The molecule has 1 amide bonds. The van der Waals surface area contributed by atoms with E-state index in [4.69, 9.17) is 19.8 Å². The topological polar surface area (TPSA) is 123 Å². The van der Waals surface area contributed by atoms with Crippen LogP contribution in [0.1, 0.15) is 23.5 Å². The molecule has 3 rings (SSSR count). The highest BCUT2D eigenvalue weighted by Crippen LogP contribution is 2.30. The van der Waals surface area contributed by atoms with E-state index in [0.29, 0.717) is 18.5 Å². The average Bonchev–Trinajstić information content (AvgIpc) is 3.15. The van der Waals surface area contributed by atoms with Gasteiger partial charge in [0.25, 0.3) is 12.9 Å². The zero-order chi connectivity index (χ0) is 24.1. The second kappa shape index (κ2) is 13.4. The number of rotatable bonds is 5. The van der Waals surface area contributed by atoms with Crippen molar-refractivity contribution < 1.29 is 29.0 Å². The van der Waals surface area contributed by atoms with E-state index in [-0.39, 0.29) is 24.7 Å². The van der Waals surface area contributed by atoms with Gasteiger partial charge in [-0.3, -0.25) is 19.3 Å². The van der Waals surface area contributed by atoms with Crippen LogP contribution in [-0.4, -0.2) is 76.6 Å². The van der Waals surface area contributed by atoms with Gasteiger partial charge in [0.2, 0.25) is 5.91 Å². The van der Waals surface area contributed by atoms with Gasteiger partial charge >= 0.3 is 0 Å². The first-order valence-electron chi connectivity index (χ1n) is 9.76. The minimum absolute atomic E-state index is 0.0333. The van der Waals surface area contributed by atoms with E-state index in [9.17, 15) is 9.18 Å². The molecule has 1 saturated heterocycles. The maximum Gasteiger partial charge on any atom is 0.290 e. The molecule has 1 aliphatic rings. The number of hydrogen-bond donors (Lipinski definition) is 3. The van der Waals surface area contributed by atoms with Crippen LogP contribution >= 0.6 is 11.3 Å². The molecular formula is C21H29FN4O5S. The van der Waals surface area contributed by atoms with Crippen LogP contribution in [0.5, 0.6) is 0 Å². The quantitative estimate of drug-likeness (QED) is 0.572. The maximum absolute atomic E-state index is 13.6. The van der Waals surface area contributed by atoms with Crippen molar-refractivity contribution in [1.82, 2.24) is 14.8 Å². The minimum Gasteiger partial charge on any atom is -0.483 e. The van der Waals surface area contributed by atoms with Gasteiger partial charge in [0.15, 0.2) is 0 Å². The SMILES string of the molecule is Cc1nc(CN2CCC(Nc3cccc(F)c3)(C(=O)N(C)C)CC2)cs1.O=CO.O=CO. The van der Waals surface area contributed by atoms with Crippen LogP contribution in [0.15, 0.2) is 29.6 Å². The van der Waals surface area contributed by atoms with Gasteiger partial charge in [0.1, 0.15) is 11.4 Å². The number of hydrogen-bond acceptors (Lipinski definition) is 7. The van der Waals surface area contributed by atoms with Crippen LogP contribution in [0, 0.1) is 12.7 Å². The van der Waals surface area contributed by atoms with Gasteiger partial charge < -0.3 is 20.4 Å². The van der Waals surface area contributed by atoms with Crippen LogP contribution in [0.3, 0.4) is 0 Å². The van der Waals surface area contributed by atoms with Crippen LogP contribution in [0.4, 0.5) is 10.1 Å². The lowest BCUT2D eigenvalue weighted by Gasteiger charge is -2.42. The molecule has 0 bridgehead atoms. The van der Waals surface area contributed by atoms with Crippen molar-refractivity contribution in [2.24, 2.45) is 0 Å². The molecule has 1 fully saturated rings. The summed E-state index contributed by atoms with van der Waals surface area (Å²) >= 11 is 1.66. The van der Waals surface area contributed by atoms with Crippen molar-refractivity contribution in [3.8, 4) is 0 Å². The van der Waals surface area contributed by atoms with E-state index in [1.165, 1.54) is 12.1 Å². The fourth-order valence-electron chi connectivity index (χ4n) is 3.47. The van der Waals surface area contributed by atoms with E-state index in [1.807, 2.05) is 6.92 Å². The number of likely N-dealkylation sites (N-methyl/N-ethyl adjacent to an activating group) is 1. The van der Waals surface area contributed by atoms with Gasteiger partial charge in [-0.25, -0.2) is 9.37 Å². The van der Waals surface area contributed by atoms with E-state index in [1.54, 1.807) is 42.5 Å². The molecule has 0 saturated carbocycles. The number of carboxylic acid groups (broad SMARTS) is 2. The fourth-order valence-corrected chi connectivity index (χ4v) is 4.07. The van der Waals surface area contributed by atoms with Crippen LogP contribution in [-0.2, 0) is 20.9 Å². The summed E-state index contributed by atoms with van der Waals surface area (Å²) in [4.78, 5) is 38.1. The lowest BCUT2D eigenvalue weighted by molar-refractivity contribution is -0.135. The number of benzene rings is 1. The highest BCUT2D eigenvalue weighted by molar-refractivity contribution is 7.09. The Hall–Kier alpha value is -3.05. The second-order valence-corrected chi connectivity index (χ2v) is 8.32. The molecule has 176 valence electrons. The smallest absolute Gasteiger partial charge is 0.290 e. The van der Waals surface area contributed by atoms with Gasteiger partial charge in [-0.05, 0) is 38.0 Å². The van der Waals surface area contributed by atoms with Crippen molar-refractivity contribution in [2.45, 2.75) is 31.8 Å². The lowest BCUT2D eigenvalue weighted by Crippen LogP contribution is -2.57. The molecule has 3 N–H and O–H groups in total. The normalized spacial score (nSPS) is 14.6. The van der Waals surface area contributed by atoms with E-state index in [2.05, 4.69) is 20.6 Å². The molecule has 1 aromatic heterocycles. The Kier molecular flexibility index (Phi) is 11.3. The number of aryl methyl sites for hydroxylation is 1. The molecule has 0 aliphatic carbocycles. The lowest BCUT2D eigenvalue weighted by atomic mass is 9.85. The number of piperidine rings is 1. The molecular weight excluding hydrogens is 439 g/mol. The van der Waals surface area contributed by atoms with Crippen LogP contribution < -0.4 is 5.32 Å². The highest BCUT2D eigenvalue weighted by atomic mass is 32.1. The zero-order valence-electron chi connectivity index (χ0n) is 18.3. The number of nitrogens with zero attached hydrogens (tertiary/aromatic N) is 3. The number of aromatic nitrogens is 1. The van der Waals surface area contributed by atoms with Gasteiger partial charge in [0.05, 0.1) is 10.7 Å². The summed E-state index contributed by atoms with van der Waals surface area (Å²) in [5.74, 6) is -0.273. The molecule has 1 aliphatic heterocycles. The molecule has 2 heterocycles. The average molecular weight is 469 g/mol. The first kappa shape index (κ1) is 27.0. The summed E-state index contributed by atoms with van der Waals surface area (Å²) in [7, 11) is 3.53. The first-order valence-corrected chi connectivity index (χ1v) is 10.6. The second-order valence-electron chi connectivity index (χ2n) is 7.26. The zero-order valence-corrected chi connectivity index (χ0v) is 19.1. The molecule has 0 atom stereocenters. The Morgan fingerprint density at radius 2 is 1.88 bits per heavy atom. The van der Waals surface area contributed by atoms with Gasteiger partial charge in [-0.2, -0.15) is 0 Å². The third kappa shape index (κ3) is 8.23. The largest absolute Gasteiger partial charge is 0.483 e. The molecule has 11 heteroatoms. The number of carbonyl (C=O) groups excluding carboxylic acids is 1. The molecule has 0 unspecified atom stereocenters. The molecule has 0 spiro atoms. The first-order chi connectivity index (χ1) is 15.2. The summed E-state index contributed by atoms with van der Waals surface area (Å²) < 4.78 is 13.6. The van der Waals surface area contributed by atoms with E-state index in [0.717, 1.165) is 30.3 Å².